The third-order valence-electron chi connectivity index (χ3n) is 2.89. The van der Waals surface area contributed by atoms with Crippen LogP contribution in [0.3, 0.4) is 0 Å². The summed E-state index contributed by atoms with van der Waals surface area (Å²) >= 11 is 0. The summed E-state index contributed by atoms with van der Waals surface area (Å²) in [5.74, 6) is 0.889. The molecule has 0 aliphatic heterocycles. The van der Waals surface area contributed by atoms with Crippen molar-refractivity contribution < 1.29 is 0 Å². The molecule has 6 heteroatoms. The molecule has 0 unspecified atom stereocenters. The van der Waals surface area contributed by atoms with E-state index in [9.17, 15) is 5.26 Å². The Morgan fingerprint density at radius 1 is 1.15 bits per heavy atom. The molecule has 0 fully saturated rings. The van der Waals surface area contributed by atoms with Crippen LogP contribution in [0.1, 0.15) is 11.1 Å². The molecule has 0 N–H and O–H groups in total. The van der Waals surface area contributed by atoms with E-state index >= 15 is 0 Å². The molecule has 0 amide bonds. The second-order valence-electron chi connectivity index (χ2n) is 4.21. The number of aryl methyl sites for hydroxylation is 1. The predicted octanol–water partition coefficient (Wildman–Crippen LogP) is 1.90. The van der Waals surface area contributed by atoms with Crippen molar-refractivity contribution in [3.63, 3.8) is 0 Å². The zero-order valence-corrected chi connectivity index (χ0v) is 10.7. The minimum absolute atomic E-state index is 0.391. The quantitative estimate of drug-likeness (QED) is 0.704. The van der Waals surface area contributed by atoms with Gasteiger partial charge >= 0.3 is 0 Å². The van der Waals surface area contributed by atoms with Gasteiger partial charge < -0.3 is 0 Å². The third-order valence-corrected chi connectivity index (χ3v) is 2.89. The number of nitriles is 1. The maximum Gasteiger partial charge on any atom is 0.205 e. The molecule has 0 saturated heterocycles. The van der Waals surface area contributed by atoms with Crippen molar-refractivity contribution in [1.29, 1.82) is 5.26 Å². The van der Waals surface area contributed by atoms with Crippen LogP contribution in [0.4, 0.5) is 0 Å². The van der Waals surface area contributed by atoms with Gasteiger partial charge in [-0.05, 0) is 23.8 Å². The van der Waals surface area contributed by atoms with Crippen LogP contribution < -0.4 is 0 Å². The summed E-state index contributed by atoms with van der Waals surface area (Å²) < 4.78 is 0. The summed E-state index contributed by atoms with van der Waals surface area (Å²) in [6.07, 6.45) is 1.62. The SMILES string of the molecule is Cc1ccnc(-n2nnc(-c3ccccc3)n2)c1C#N. The first-order chi connectivity index (χ1) is 9.79. The van der Waals surface area contributed by atoms with E-state index in [4.69, 9.17) is 0 Å². The van der Waals surface area contributed by atoms with E-state index < -0.39 is 0 Å². The molecule has 20 heavy (non-hydrogen) atoms. The van der Waals surface area contributed by atoms with Crippen LogP contribution in [0.25, 0.3) is 17.2 Å². The van der Waals surface area contributed by atoms with Gasteiger partial charge in [0.05, 0.1) is 0 Å². The van der Waals surface area contributed by atoms with Crippen molar-refractivity contribution in [3.8, 4) is 23.3 Å². The number of aromatic nitrogens is 5. The Bertz CT molecular complexity index is 785. The smallest absolute Gasteiger partial charge is 0.205 e. The minimum atomic E-state index is 0.391. The molecular formula is C14H10N6. The maximum atomic E-state index is 9.21. The fourth-order valence-electron chi connectivity index (χ4n) is 1.84. The first-order valence-electron chi connectivity index (χ1n) is 6.01. The second kappa shape index (κ2) is 4.90. The summed E-state index contributed by atoms with van der Waals surface area (Å²) in [6, 6.07) is 13.4. The van der Waals surface area contributed by atoms with Gasteiger partial charge in [0.25, 0.3) is 0 Å². The average molecular weight is 262 g/mol. The van der Waals surface area contributed by atoms with Crippen molar-refractivity contribution in [3.05, 3.63) is 53.7 Å². The van der Waals surface area contributed by atoms with E-state index in [1.54, 1.807) is 12.3 Å². The van der Waals surface area contributed by atoms with E-state index in [-0.39, 0.29) is 0 Å². The van der Waals surface area contributed by atoms with Gasteiger partial charge in [0.2, 0.25) is 5.82 Å². The summed E-state index contributed by atoms with van der Waals surface area (Å²) in [7, 11) is 0. The summed E-state index contributed by atoms with van der Waals surface area (Å²) in [5.41, 5.74) is 2.14. The van der Waals surface area contributed by atoms with Crippen LogP contribution in [-0.2, 0) is 0 Å². The molecule has 3 aromatic rings. The van der Waals surface area contributed by atoms with Crippen LogP contribution in [0.15, 0.2) is 42.6 Å². The lowest BCUT2D eigenvalue weighted by Gasteiger charge is -2.02. The van der Waals surface area contributed by atoms with Crippen molar-refractivity contribution in [2.24, 2.45) is 0 Å². The van der Waals surface area contributed by atoms with Crippen LogP contribution in [0.2, 0.25) is 0 Å². The molecule has 0 aliphatic carbocycles. The van der Waals surface area contributed by atoms with Gasteiger partial charge in [0.15, 0.2) is 5.82 Å². The molecular weight excluding hydrogens is 252 g/mol. The Hall–Kier alpha value is -3.07. The van der Waals surface area contributed by atoms with Crippen molar-refractivity contribution in [2.75, 3.05) is 0 Å². The molecule has 2 aromatic heterocycles. The summed E-state index contributed by atoms with van der Waals surface area (Å²) in [4.78, 5) is 5.45. The number of pyridine rings is 1. The normalized spacial score (nSPS) is 10.2. The third kappa shape index (κ3) is 2.01. The number of hydrogen-bond donors (Lipinski definition) is 0. The van der Waals surface area contributed by atoms with Crippen molar-refractivity contribution in [2.45, 2.75) is 6.92 Å². The highest BCUT2D eigenvalue weighted by Gasteiger charge is 2.13. The lowest BCUT2D eigenvalue weighted by Crippen LogP contribution is -2.06. The Morgan fingerprint density at radius 3 is 2.70 bits per heavy atom. The molecule has 0 atom stereocenters. The van der Waals surface area contributed by atoms with E-state index in [1.165, 1.54) is 4.80 Å². The highest BCUT2D eigenvalue weighted by Crippen LogP contribution is 2.16. The van der Waals surface area contributed by atoms with Crippen molar-refractivity contribution >= 4 is 0 Å². The van der Waals surface area contributed by atoms with Gasteiger partial charge in [0.1, 0.15) is 11.6 Å². The Balaban J connectivity index is 2.08. The van der Waals surface area contributed by atoms with Gasteiger partial charge in [-0.15, -0.1) is 15.0 Å². The van der Waals surface area contributed by atoms with Crippen LogP contribution in [-0.4, -0.2) is 25.2 Å². The average Bonchev–Trinajstić information content (AvgIpc) is 2.97. The standard InChI is InChI=1S/C14H10N6/c1-10-7-8-16-14(12(10)9-15)20-18-13(17-19-20)11-5-3-2-4-6-11/h2-8H,1H3. The predicted molar refractivity (Wildman–Crippen MR) is 71.8 cm³/mol. The molecule has 3 rings (SSSR count). The summed E-state index contributed by atoms with van der Waals surface area (Å²) in [6.45, 7) is 1.85. The highest BCUT2D eigenvalue weighted by atomic mass is 15.6. The second-order valence-corrected chi connectivity index (χ2v) is 4.21. The highest BCUT2D eigenvalue weighted by molar-refractivity contribution is 5.54. The molecule has 6 nitrogen and oxygen atoms in total. The largest absolute Gasteiger partial charge is 0.234 e. The van der Waals surface area contributed by atoms with E-state index in [0.29, 0.717) is 17.2 Å². The lowest BCUT2D eigenvalue weighted by molar-refractivity contribution is 0.698. The van der Waals surface area contributed by atoms with Crippen LogP contribution in [0.5, 0.6) is 0 Å². The Kier molecular flexibility index (Phi) is 2.94. The maximum absolute atomic E-state index is 9.21. The van der Waals surface area contributed by atoms with Gasteiger partial charge in [0, 0.05) is 11.8 Å². The number of hydrogen-bond acceptors (Lipinski definition) is 5. The fourth-order valence-corrected chi connectivity index (χ4v) is 1.84. The van der Waals surface area contributed by atoms with Crippen molar-refractivity contribution in [1.82, 2.24) is 25.2 Å². The van der Waals surface area contributed by atoms with Crippen LogP contribution in [0, 0.1) is 18.3 Å². The molecule has 2 heterocycles. The first-order valence-corrected chi connectivity index (χ1v) is 6.01. The zero-order chi connectivity index (χ0) is 13.9. The van der Waals surface area contributed by atoms with E-state index in [2.05, 4.69) is 26.5 Å². The molecule has 0 saturated carbocycles. The molecule has 0 aliphatic rings. The van der Waals surface area contributed by atoms with Gasteiger partial charge in [-0.2, -0.15) is 5.26 Å². The monoisotopic (exact) mass is 262 g/mol. The minimum Gasteiger partial charge on any atom is -0.234 e. The lowest BCUT2D eigenvalue weighted by atomic mass is 10.1. The molecule has 1 aromatic carbocycles. The molecule has 0 spiro atoms. The van der Waals surface area contributed by atoms with E-state index in [0.717, 1.165) is 11.1 Å². The van der Waals surface area contributed by atoms with Gasteiger partial charge in [-0.3, -0.25) is 0 Å². The Labute approximate surface area is 115 Å². The fraction of sp³-hybridized carbons (Fsp3) is 0.0714. The van der Waals surface area contributed by atoms with Gasteiger partial charge in [-0.1, -0.05) is 30.3 Å². The first kappa shape index (κ1) is 12.0. The summed E-state index contributed by atoms with van der Waals surface area (Å²) in [5, 5.41) is 21.5. The molecule has 0 radical (unpaired) electrons. The number of benzene rings is 1. The molecule has 96 valence electrons. The zero-order valence-electron chi connectivity index (χ0n) is 10.7. The number of nitrogens with zero attached hydrogens (tertiary/aromatic N) is 6. The number of tetrazole rings is 1. The molecule has 0 bridgehead atoms. The number of rotatable bonds is 2. The van der Waals surface area contributed by atoms with Gasteiger partial charge in [-0.25, -0.2) is 4.98 Å². The van der Waals surface area contributed by atoms with E-state index in [1.807, 2.05) is 37.3 Å². The topological polar surface area (TPSA) is 80.3 Å². The van der Waals surface area contributed by atoms with Crippen LogP contribution >= 0.6 is 0 Å². The Morgan fingerprint density at radius 2 is 1.95 bits per heavy atom.